The molecule has 0 saturated heterocycles. The first-order valence-corrected chi connectivity index (χ1v) is 11.6. The smallest absolute Gasteiger partial charge is 0.307 e. The normalized spacial score (nSPS) is 12.4. The zero-order chi connectivity index (χ0) is 24.7. The highest BCUT2D eigenvalue weighted by atomic mass is 32.2. The number of hydrogen-bond acceptors (Lipinski definition) is 5. The first kappa shape index (κ1) is 24.9. The highest BCUT2D eigenvalue weighted by Crippen LogP contribution is 2.27. The molecule has 176 valence electrons. The molecule has 0 fully saturated rings. The summed E-state index contributed by atoms with van der Waals surface area (Å²) in [5, 5.41) is 10.9. The quantitative estimate of drug-likeness (QED) is 0.372. The zero-order valence-corrected chi connectivity index (χ0v) is 19.7. The second-order valence-corrected chi connectivity index (χ2v) is 8.56. The number of fused-ring (bicyclic) bond motifs is 1. The maximum atomic E-state index is 13.5. The van der Waals surface area contributed by atoms with Crippen molar-refractivity contribution in [2.24, 2.45) is 0 Å². The minimum Gasteiger partial charge on any atom is -0.469 e. The highest BCUT2D eigenvalue weighted by molar-refractivity contribution is 7.80. The van der Waals surface area contributed by atoms with E-state index in [0.29, 0.717) is 11.3 Å². The molecule has 0 aliphatic heterocycles. The standard InChI is InChI=1S/C25H25N3O5S/c1-27(14-13-24(29)33-2)25(30)23(15-18-7-9-19(17-26)10-8-18)28(34(31)32)22-12-11-20-5-3-4-6-21(20)16-22/h3-12,16,23H,13-15H2,1-2H3,(H,31,32). The molecule has 0 spiro atoms. The first-order valence-electron chi connectivity index (χ1n) is 10.5. The van der Waals surface area contributed by atoms with Crippen molar-refractivity contribution < 1.29 is 23.1 Å². The average molecular weight is 480 g/mol. The SMILES string of the molecule is COC(=O)CCN(C)C(=O)C(Cc1ccc(C#N)cc1)N(c1ccc2ccccc2c1)S(=O)O. The fourth-order valence-corrected chi connectivity index (χ4v) is 4.30. The number of esters is 1. The van der Waals surface area contributed by atoms with Gasteiger partial charge in [0.1, 0.15) is 6.04 Å². The van der Waals surface area contributed by atoms with Crippen LogP contribution in [0.4, 0.5) is 5.69 Å². The van der Waals surface area contributed by atoms with Crippen LogP contribution < -0.4 is 4.31 Å². The molecule has 0 aliphatic rings. The van der Waals surface area contributed by atoms with Crippen LogP contribution in [0.2, 0.25) is 0 Å². The minimum atomic E-state index is -2.52. The summed E-state index contributed by atoms with van der Waals surface area (Å²) in [6.07, 6.45) is 0.118. The van der Waals surface area contributed by atoms with Gasteiger partial charge in [-0.3, -0.25) is 18.4 Å². The summed E-state index contributed by atoms with van der Waals surface area (Å²) < 4.78 is 28.6. The molecule has 0 bridgehead atoms. The topological polar surface area (TPSA) is 111 Å². The van der Waals surface area contributed by atoms with Crippen LogP contribution in [0, 0.1) is 11.3 Å². The number of carbonyl (C=O) groups is 2. The molecular weight excluding hydrogens is 454 g/mol. The van der Waals surface area contributed by atoms with Gasteiger partial charge in [0.15, 0.2) is 0 Å². The average Bonchev–Trinajstić information content (AvgIpc) is 2.86. The molecule has 34 heavy (non-hydrogen) atoms. The zero-order valence-electron chi connectivity index (χ0n) is 18.9. The molecule has 8 nitrogen and oxygen atoms in total. The van der Waals surface area contributed by atoms with Crippen molar-refractivity contribution in [3.05, 3.63) is 77.9 Å². The number of carbonyl (C=O) groups excluding carboxylic acids is 2. The summed E-state index contributed by atoms with van der Waals surface area (Å²) >= 11 is -2.52. The van der Waals surface area contributed by atoms with E-state index >= 15 is 0 Å². The number of anilines is 1. The van der Waals surface area contributed by atoms with Gasteiger partial charge in [-0.25, -0.2) is 4.21 Å². The predicted octanol–water partition coefficient (Wildman–Crippen LogP) is 3.29. The molecule has 3 aromatic carbocycles. The summed E-state index contributed by atoms with van der Waals surface area (Å²) in [6.45, 7) is 0.0962. The van der Waals surface area contributed by atoms with E-state index in [4.69, 9.17) is 5.26 Å². The van der Waals surface area contributed by atoms with Crippen molar-refractivity contribution >= 4 is 39.6 Å². The molecule has 9 heteroatoms. The van der Waals surface area contributed by atoms with Gasteiger partial charge in [-0.1, -0.05) is 42.5 Å². The second kappa shape index (κ2) is 11.4. The number of nitrogens with zero attached hydrogens (tertiary/aromatic N) is 3. The Kier molecular flexibility index (Phi) is 8.35. The predicted molar refractivity (Wildman–Crippen MR) is 130 cm³/mol. The maximum Gasteiger partial charge on any atom is 0.307 e. The van der Waals surface area contributed by atoms with Crippen molar-refractivity contribution in [2.75, 3.05) is 25.0 Å². The Balaban J connectivity index is 2.00. The number of hydrogen-bond donors (Lipinski definition) is 1. The van der Waals surface area contributed by atoms with Crippen molar-refractivity contribution in [2.45, 2.75) is 18.9 Å². The third-order valence-electron chi connectivity index (χ3n) is 5.49. The van der Waals surface area contributed by atoms with Crippen LogP contribution in [0.5, 0.6) is 0 Å². The second-order valence-electron chi connectivity index (χ2n) is 7.70. The Morgan fingerprint density at radius 3 is 2.38 bits per heavy atom. The maximum absolute atomic E-state index is 13.5. The monoisotopic (exact) mass is 479 g/mol. The van der Waals surface area contributed by atoms with E-state index in [-0.39, 0.29) is 19.4 Å². The molecule has 2 atom stereocenters. The Labute approximate surface area is 200 Å². The molecular formula is C25H25N3O5S. The van der Waals surface area contributed by atoms with E-state index < -0.39 is 29.2 Å². The van der Waals surface area contributed by atoms with E-state index in [1.807, 2.05) is 36.4 Å². The molecule has 3 aromatic rings. The number of ether oxygens (including phenoxy) is 1. The lowest BCUT2D eigenvalue weighted by atomic mass is 10.0. The van der Waals surface area contributed by atoms with E-state index in [2.05, 4.69) is 4.74 Å². The number of likely N-dealkylation sites (N-methyl/N-ethyl adjacent to an activating group) is 1. The third-order valence-corrected chi connectivity index (χ3v) is 6.29. The van der Waals surface area contributed by atoms with Gasteiger partial charge in [0.05, 0.1) is 30.9 Å². The molecule has 2 unspecified atom stereocenters. The molecule has 0 aromatic heterocycles. The molecule has 0 aliphatic carbocycles. The van der Waals surface area contributed by atoms with Crippen LogP contribution >= 0.6 is 0 Å². The lowest BCUT2D eigenvalue weighted by Gasteiger charge is -2.32. The summed E-state index contributed by atoms with van der Waals surface area (Å²) in [5.41, 5.74) is 1.60. The Morgan fingerprint density at radius 1 is 1.09 bits per heavy atom. The number of nitriles is 1. The van der Waals surface area contributed by atoms with Crippen molar-refractivity contribution in [1.29, 1.82) is 5.26 Å². The van der Waals surface area contributed by atoms with Crippen LogP contribution in [0.15, 0.2) is 66.7 Å². The lowest BCUT2D eigenvalue weighted by molar-refractivity contribution is -0.141. The van der Waals surface area contributed by atoms with E-state index in [0.717, 1.165) is 16.3 Å². The number of methoxy groups -OCH3 is 1. The summed E-state index contributed by atoms with van der Waals surface area (Å²) in [5.74, 6) is -0.885. The third kappa shape index (κ3) is 5.98. The molecule has 0 saturated carbocycles. The molecule has 0 radical (unpaired) electrons. The van der Waals surface area contributed by atoms with Crippen LogP contribution in [0.25, 0.3) is 10.8 Å². The number of benzene rings is 3. The van der Waals surface area contributed by atoms with Crippen LogP contribution in [0.1, 0.15) is 17.5 Å². The highest BCUT2D eigenvalue weighted by Gasteiger charge is 2.33. The Bertz CT molecular complexity index is 1240. The summed E-state index contributed by atoms with van der Waals surface area (Å²) in [7, 11) is 2.81. The van der Waals surface area contributed by atoms with Gasteiger partial charge in [-0.15, -0.1) is 0 Å². The fraction of sp³-hybridized carbons (Fsp3) is 0.240. The molecule has 3 rings (SSSR count). The van der Waals surface area contributed by atoms with Gasteiger partial charge in [0.2, 0.25) is 5.91 Å². The van der Waals surface area contributed by atoms with Crippen molar-refractivity contribution in [1.82, 2.24) is 4.90 Å². The van der Waals surface area contributed by atoms with Gasteiger partial charge in [0.25, 0.3) is 11.3 Å². The molecule has 1 N–H and O–H groups in total. The van der Waals surface area contributed by atoms with E-state index in [9.17, 15) is 18.4 Å². The van der Waals surface area contributed by atoms with Gasteiger partial charge < -0.3 is 9.64 Å². The first-order chi connectivity index (χ1) is 16.3. The fourth-order valence-electron chi connectivity index (χ4n) is 3.63. The molecule has 1 amide bonds. The number of rotatable bonds is 9. The van der Waals surface area contributed by atoms with E-state index in [1.54, 1.807) is 36.4 Å². The Morgan fingerprint density at radius 2 is 1.76 bits per heavy atom. The number of amides is 1. The summed E-state index contributed by atoms with van der Waals surface area (Å²) in [6, 6.07) is 20.6. The van der Waals surface area contributed by atoms with Crippen LogP contribution in [0.3, 0.4) is 0 Å². The lowest BCUT2D eigenvalue weighted by Crippen LogP contribution is -2.50. The van der Waals surface area contributed by atoms with Crippen molar-refractivity contribution in [3.8, 4) is 6.07 Å². The minimum absolute atomic E-state index is 0.000511. The van der Waals surface area contributed by atoms with Crippen molar-refractivity contribution in [3.63, 3.8) is 0 Å². The van der Waals surface area contributed by atoms with Crippen LogP contribution in [-0.4, -0.2) is 52.3 Å². The van der Waals surface area contributed by atoms with Gasteiger partial charge >= 0.3 is 5.97 Å². The van der Waals surface area contributed by atoms with Crippen LogP contribution in [-0.2, 0) is 32.0 Å². The largest absolute Gasteiger partial charge is 0.469 e. The summed E-state index contributed by atoms with van der Waals surface area (Å²) in [4.78, 5) is 26.4. The Hall–Kier alpha value is -3.74. The van der Waals surface area contributed by atoms with Gasteiger partial charge in [-0.2, -0.15) is 5.26 Å². The molecule has 0 heterocycles. The van der Waals surface area contributed by atoms with E-state index in [1.165, 1.54) is 23.4 Å². The van der Waals surface area contributed by atoms with Gasteiger partial charge in [-0.05, 0) is 40.6 Å². The van der Waals surface area contributed by atoms with Gasteiger partial charge in [0, 0.05) is 20.0 Å².